The number of benzene rings is 1. The summed E-state index contributed by atoms with van der Waals surface area (Å²) in [5.41, 5.74) is 1.33. The zero-order valence-electron chi connectivity index (χ0n) is 11.0. The first kappa shape index (κ1) is 14.0. The molecule has 0 saturated carbocycles. The topological polar surface area (TPSA) is 66.6 Å². The number of nitrogens with zero attached hydrogens (tertiary/aromatic N) is 2. The second-order valence-electron chi connectivity index (χ2n) is 5.14. The number of non-ortho nitro benzene ring substituents is 1. The minimum atomic E-state index is -0.364. The Balaban J connectivity index is 1.83. The van der Waals surface area contributed by atoms with E-state index in [2.05, 4.69) is 4.90 Å². The van der Waals surface area contributed by atoms with Crippen LogP contribution < -0.4 is 0 Å². The van der Waals surface area contributed by atoms with E-state index in [0.29, 0.717) is 5.92 Å². The SMILES string of the molecule is O=[N+]([O-])c1ccc(CC2CCN(CCO)CC2)cc1. The molecule has 0 amide bonds. The molecule has 0 aliphatic carbocycles. The number of piperidine rings is 1. The highest BCUT2D eigenvalue weighted by molar-refractivity contribution is 5.33. The summed E-state index contributed by atoms with van der Waals surface area (Å²) in [5, 5.41) is 19.5. The molecular weight excluding hydrogens is 244 g/mol. The molecule has 0 aromatic heterocycles. The van der Waals surface area contributed by atoms with Crippen LogP contribution in [0.1, 0.15) is 18.4 Å². The smallest absolute Gasteiger partial charge is 0.269 e. The third kappa shape index (κ3) is 4.01. The lowest BCUT2D eigenvalue weighted by Gasteiger charge is -2.31. The van der Waals surface area contributed by atoms with Gasteiger partial charge < -0.3 is 10.0 Å². The summed E-state index contributed by atoms with van der Waals surface area (Å²) in [6.07, 6.45) is 3.26. The zero-order valence-corrected chi connectivity index (χ0v) is 11.0. The lowest BCUT2D eigenvalue weighted by Crippen LogP contribution is -2.36. The molecule has 0 spiro atoms. The van der Waals surface area contributed by atoms with Crippen LogP contribution in [-0.2, 0) is 6.42 Å². The maximum Gasteiger partial charge on any atom is 0.269 e. The molecular formula is C14H20N2O3. The van der Waals surface area contributed by atoms with Gasteiger partial charge in [-0.1, -0.05) is 12.1 Å². The molecule has 0 bridgehead atoms. The van der Waals surface area contributed by atoms with Crippen LogP contribution in [0.3, 0.4) is 0 Å². The third-order valence-corrected chi connectivity index (χ3v) is 3.79. The number of hydrogen-bond acceptors (Lipinski definition) is 4. The lowest BCUT2D eigenvalue weighted by molar-refractivity contribution is -0.384. The Labute approximate surface area is 113 Å². The predicted molar refractivity (Wildman–Crippen MR) is 73.1 cm³/mol. The average molecular weight is 264 g/mol. The molecule has 2 rings (SSSR count). The molecule has 1 aliphatic heterocycles. The zero-order chi connectivity index (χ0) is 13.7. The highest BCUT2D eigenvalue weighted by Crippen LogP contribution is 2.22. The van der Waals surface area contributed by atoms with E-state index in [1.54, 1.807) is 12.1 Å². The van der Waals surface area contributed by atoms with Crippen LogP contribution in [0, 0.1) is 16.0 Å². The predicted octanol–water partition coefficient (Wildman–Crippen LogP) is 1.84. The van der Waals surface area contributed by atoms with E-state index >= 15 is 0 Å². The van der Waals surface area contributed by atoms with E-state index in [1.807, 2.05) is 12.1 Å². The van der Waals surface area contributed by atoms with Gasteiger partial charge in [0.2, 0.25) is 0 Å². The Bertz CT molecular complexity index is 411. The van der Waals surface area contributed by atoms with E-state index < -0.39 is 0 Å². The Morgan fingerprint density at radius 2 is 1.89 bits per heavy atom. The Morgan fingerprint density at radius 1 is 1.26 bits per heavy atom. The summed E-state index contributed by atoms with van der Waals surface area (Å²) < 4.78 is 0. The van der Waals surface area contributed by atoms with Crippen molar-refractivity contribution >= 4 is 5.69 Å². The van der Waals surface area contributed by atoms with Crippen LogP contribution in [0.4, 0.5) is 5.69 Å². The van der Waals surface area contributed by atoms with E-state index in [4.69, 9.17) is 5.11 Å². The van der Waals surface area contributed by atoms with Crippen LogP contribution in [0.2, 0.25) is 0 Å². The normalized spacial score (nSPS) is 17.5. The fraction of sp³-hybridized carbons (Fsp3) is 0.571. The molecule has 104 valence electrons. The van der Waals surface area contributed by atoms with Gasteiger partial charge in [-0.05, 0) is 43.8 Å². The summed E-state index contributed by atoms with van der Waals surface area (Å²) in [4.78, 5) is 12.5. The molecule has 19 heavy (non-hydrogen) atoms. The maximum atomic E-state index is 10.6. The van der Waals surface area contributed by atoms with E-state index in [9.17, 15) is 10.1 Å². The minimum absolute atomic E-state index is 0.154. The van der Waals surface area contributed by atoms with E-state index in [0.717, 1.165) is 38.9 Å². The van der Waals surface area contributed by atoms with Crippen molar-refractivity contribution in [3.8, 4) is 0 Å². The number of nitro benzene ring substituents is 1. The van der Waals surface area contributed by atoms with Crippen LogP contribution in [0.5, 0.6) is 0 Å². The number of β-amino-alcohol motifs (C(OH)–C–C–N with tert-alkyl or cyclic N) is 1. The Hall–Kier alpha value is -1.46. The molecule has 1 aromatic rings. The Kier molecular flexibility index (Phi) is 4.87. The van der Waals surface area contributed by atoms with Crippen molar-refractivity contribution in [1.29, 1.82) is 0 Å². The largest absolute Gasteiger partial charge is 0.395 e. The molecule has 0 atom stereocenters. The molecule has 1 N–H and O–H groups in total. The van der Waals surface area contributed by atoms with Crippen molar-refractivity contribution in [3.05, 3.63) is 39.9 Å². The van der Waals surface area contributed by atoms with Gasteiger partial charge in [-0.2, -0.15) is 0 Å². The van der Waals surface area contributed by atoms with Gasteiger partial charge >= 0.3 is 0 Å². The summed E-state index contributed by atoms with van der Waals surface area (Å²) in [6, 6.07) is 6.88. The number of nitro groups is 1. The molecule has 1 aliphatic rings. The van der Waals surface area contributed by atoms with Gasteiger partial charge in [0.25, 0.3) is 5.69 Å². The van der Waals surface area contributed by atoms with Gasteiger partial charge in [0, 0.05) is 18.7 Å². The summed E-state index contributed by atoms with van der Waals surface area (Å²) in [5.74, 6) is 0.649. The van der Waals surface area contributed by atoms with E-state index in [-0.39, 0.29) is 17.2 Å². The minimum Gasteiger partial charge on any atom is -0.395 e. The average Bonchev–Trinajstić information content (AvgIpc) is 2.42. The Morgan fingerprint density at radius 3 is 2.42 bits per heavy atom. The summed E-state index contributed by atoms with van der Waals surface area (Å²) in [7, 11) is 0. The first-order chi connectivity index (χ1) is 9.19. The molecule has 1 saturated heterocycles. The van der Waals surface area contributed by atoms with Gasteiger partial charge in [0.15, 0.2) is 0 Å². The van der Waals surface area contributed by atoms with Crippen molar-refractivity contribution in [3.63, 3.8) is 0 Å². The van der Waals surface area contributed by atoms with Gasteiger partial charge in [-0.15, -0.1) is 0 Å². The molecule has 0 radical (unpaired) electrons. The van der Waals surface area contributed by atoms with Gasteiger partial charge in [0.1, 0.15) is 0 Å². The van der Waals surface area contributed by atoms with Crippen LogP contribution in [-0.4, -0.2) is 41.2 Å². The summed E-state index contributed by atoms with van der Waals surface area (Å²) >= 11 is 0. The molecule has 5 nitrogen and oxygen atoms in total. The van der Waals surface area contributed by atoms with Crippen molar-refractivity contribution in [2.24, 2.45) is 5.92 Å². The molecule has 1 aromatic carbocycles. The quantitative estimate of drug-likeness (QED) is 0.651. The fourth-order valence-corrected chi connectivity index (χ4v) is 2.64. The fourth-order valence-electron chi connectivity index (χ4n) is 2.64. The van der Waals surface area contributed by atoms with Gasteiger partial charge in [-0.25, -0.2) is 0 Å². The second kappa shape index (κ2) is 6.63. The molecule has 5 heteroatoms. The number of rotatable bonds is 5. The second-order valence-corrected chi connectivity index (χ2v) is 5.14. The monoisotopic (exact) mass is 264 g/mol. The number of aliphatic hydroxyl groups excluding tert-OH is 1. The lowest BCUT2D eigenvalue weighted by atomic mass is 9.90. The van der Waals surface area contributed by atoms with Crippen molar-refractivity contribution < 1.29 is 10.0 Å². The maximum absolute atomic E-state index is 10.6. The first-order valence-corrected chi connectivity index (χ1v) is 6.75. The highest BCUT2D eigenvalue weighted by atomic mass is 16.6. The van der Waals surface area contributed by atoms with E-state index in [1.165, 1.54) is 5.56 Å². The third-order valence-electron chi connectivity index (χ3n) is 3.79. The highest BCUT2D eigenvalue weighted by Gasteiger charge is 2.19. The molecule has 1 heterocycles. The van der Waals surface area contributed by atoms with Crippen LogP contribution in [0.25, 0.3) is 0 Å². The van der Waals surface area contributed by atoms with Gasteiger partial charge in [-0.3, -0.25) is 10.1 Å². The number of aliphatic hydroxyl groups is 1. The van der Waals surface area contributed by atoms with Crippen molar-refractivity contribution in [1.82, 2.24) is 4.90 Å². The van der Waals surface area contributed by atoms with Crippen LogP contribution >= 0.6 is 0 Å². The van der Waals surface area contributed by atoms with Crippen molar-refractivity contribution in [2.45, 2.75) is 19.3 Å². The summed E-state index contributed by atoms with van der Waals surface area (Å²) in [6.45, 7) is 3.08. The number of likely N-dealkylation sites (tertiary alicyclic amines) is 1. The molecule has 0 unspecified atom stereocenters. The van der Waals surface area contributed by atoms with Crippen LogP contribution in [0.15, 0.2) is 24.3 Å². The van der Waals surface area contributed by atoms with Crippen molar-refractivity contribution in [2.75, 3.05) is 26.2 Å². The van der Waals surface area contributed by atoms with Gasteiger partial charge in [0.05, 0.1) is 11.5 Å². The number of hydrogen-bond donors (Lipinski definition) is 1. The standard InChI is InChI=1S/C14H20N2O3/c17-10-9-15-7-5-13(6-8-15)11-12-1-3-14(4-2-12)16(18)19/h1-4,13,17H,5-11H2. The molecule has 1 fully saturated rings. The first-order valence-electron chi connectivity index (χ1n) is 6.75.